The summed E-state index contributed by atoms with van der Waals surface area (Å²) in [4.78, 5) is 7.10. The lowest BCUT2D eigenvalue weighted by Crippen LogP contribution is -2.34. The summed E-state index contributed by atoms with van der Waals surface area (Å²) in [5, 5.41) is 0. The van der Waals surface area contributed by atoms with Crippen molar-refractivity contribution in [1.29, 1.82) is 0 Å². The van der Waals surface area contributed by atoms with Crippen molar-refractivity contribution in [3.05, 3.63) is 53.6 Å². The monoisotopic (exact) mass is 255 g/mol. The van der Waals surface area contributed by atoms with Crippen LogP contribution in [0.4, 0.5) is 0 Å². The lowest BCUT2D eigenvalue weighted by molar-refractivity contribution is 0.216. The van der Waals surface area contributed by atoms with Gasteiger partial charge in [0.05, 0.1) is 6.54 Å². The van der Waals surface area contributed by atoms with Crippen LogP contribution in [-0.2, 0) is 19.5 Å². The Morgan fingerprint density at radius 2 is 2.00 bits per heavy atom. The van der Waals surface area contributed by atoms with Gasteiger partial charge in [0.15, 0.2) is 0 Å². The number of nitrogens with zero attached hydrogens (tertiary/aromatic N) is 3. The highest BCUT2D eigenvalue weighted by molar-refractivity contribution is 5.22. The standard InChI is InChI=1S/C16H21N3/c1-2-8-18-9-10-19-15(12-17-16(19)13-18)11-14-6-4-3-5-7-14/h3-7,12H,2,8-11,13H2,1H3. The van der Waals surface area contributed by atoms with E-state index in [0.29, 0.717) is 0 Å². The van der Waals surface area contributed by atoms with E-state index >= 15 is 0 Å². The molecule has 0 bridgehead atoms. The van der Waals surface area contributed by atoms with Gasteiger partial charge in [-0.1, -0.05) is 37.3 Å². The Hall–Kier alpha value is -1.61. The van der Waals surface area contributed by atoms with E-state index in [1.165, 1.54) is 30.0 Å². The van der Waals surface area contributed by atoms with Gasteiger partial charge in [-0.3, -0.25) is 4.90 Å². The van der Waals surface area contributed by atoms with E-state index in [1.54, 1.807) is 0 Å². The lowest BCUT2D eigenvalue weighted by atomic mass is 10.1. The number of benzene rings is 1. The van der Waals surface area contributed by atoms with Crippen molar-refractivity contribution in [2.75, 3.05) is 13.1 Å². The maximum absolute atomic E-state index is 4.61. The molecule has 19 heavy (non-hydrogen) atoms. The number of rotatable bonds is 4. The molecule has 2 heterocycles. The average Bonchev–Trinajstić information content (AvgIpc) is 2.83. The quantitative estimate of drug-likeness (QED) is 0.837. The van der Waals surface area contributed by atoms with Gasteiger partial charge in [-0.15, -0.1) is 0 Å². The lowest BCUT2D eigenvalue weighted by Gasteiger charge is -2.28. The highest BCUT2D eigenvalue weighted by Gasteiger charge is 2.18. The van der Waals surface area contributed by atoms with Crippen molar-refractivity contribution in [1.82, 2.24) is 14.5 Å². The molecule has 0 amide bonds. The molecule has 1 aromatic carbocycles. The second-order valence-electron chi connectivity index (χ2n) is 5.26. The van der Waals surface area contributed by atoms with Crippen LogP contribution in [-0.4, -0.2) is 27.5 Å². The zero-order chi connectivity index (χ0) is 13.1. The first-order chi connectivity index (χ1) is 9.36. The third kappa shape index (κ3) is 2.71. The summed E-state index contributed by atoms with van der Waals surface area (Å²) >= 11 is 0. The summed E-state index contributed by atoms with van der Waals surface area (Å²) in [7, 11) is 0. The van der Waals surface area contributed by atoms with Crippen LogP contribution in [0.1, 0.15) is 30.4 Å². The molecule has 2 aromatic rings. The van der Waals surface area contributed by atoms with Crippen LogP contribution in [0.3, 0.4) is 0 Å². The summed E-state index contributed by atoms with van der Waals surface area (Å²) in [6, 6.07) is 10.6. The van der Waals surface area contributed by atoms with Gasteiger partial charge in [-0.05, 0) is 18.5 Å². The van der Waals surface area contributed by atoms with E-state index in [2.05, 4.69) is 57.9 Å². The number of imidazole rings is 1. The predicted molar refractivity (Wildman–Crippen MR) is 77.0 cm³/mol. The molecule has 0 unspecified atom stereocenters. The van der Waals surface area contributed by atoms with E-state index in [9.17, 15) is 0 Å². The van der Waals surface area contributed by atoms with Crippen molar-refractivity contribution in [3.8, 4) is 0 Å². The molecule has 3 heteroatoms. The normalized spacial score (nSPS) is 15.4. The van der Waals surface area contributed by atoms with Crippen molar-refractivity contribution < 1.29 is 0 Å². The molecule has 0 radical (unpaired) electrons. The van der Waals surface area contributed by atoms with Gasteiger partial charge < -0.3 is 4.57 Å². The van der Waals surface area contributed by atoms with Crippen LogP contribution < -0.4 is 0 Å². The summed E-state index contributed by atoms with van der Waals surface area (Å²) < 4.78 is 2.40. The van der Waals surface area contributed by atoms with Crippen molar-refractivity contribution in [2.45, 2.75) is 32.9 Å². The summed E-state index contributed by atoms with van der Waals surface area (Å²) in [5.41, 5.74) is 2.71. The Morgan fingerprint density at radius 1 is 1.16 bits per heavy atom. The Balaban J connectivity index is 1.76. The fourth-order valence-corrected chi connectivity index (χ4v) is 2.83. The maximum Gasteiger partial charge on any atom is 0.123 e. The van der Waals surface area contributed by atoms with Crippen molar-refractivity contribution >= 4 is 0 Å². The van der Waals surface area contributed by atoms with Crippen molar-refractivity contribution in [3.63, 3.8) is 0 Å². The first-order valence-corrected chi connectivity index (χ1v) is 7.16. The van der Waals surface area contributed by atoms with Gasteiger partial charge in [-0.25, -0.2) is 4.98 Å². The second-order valence-corrected chi connectivity index (χ2v) is 5.26. The minimum Gasteiger partial charge on any atom is -0.329 e. The number of fused-ring (bicyclic) bond motifs is 1. The van der Waals surface area contributed by atoms with Gasteiger partial charge in [0.25, 0.3) is 0 Å². The van der Waals surface area contributed by atoms with Crippen LogP contribution in [0.25, 0.3) is 0 Å². The molecule has 100 valence electrons. The first-order valence-electron chi connectivity index (χ1n) is 7.16. The van der Waals surface area contributed by atoms with E-state index < -0.39 is 0 Å². The molecule has 1 aromatic heterocycles. The molecule has 0 aliphatic carbocycles. The molecular weight excluding hydrogens is 234 g/mol. The Kier molecular flexibility index (Phi) is 3.65. The number of hydrogen-bond acceptors (Lipinski definition) is 2. The fraction of sp³-hybridized carbons (Fsp3) is 0.438. The predicted octanol–water partition coefficient (Wildman–Crippen LogP) is 2.70. The Labute approximate surface area is 114 Å². The molecule has 0 N–H and O–H groups in total. The smallest absolute Gasteiger partial charge is 0.123 e. The fourth-order valence-electron chi connectivity index (χ4n) is 2.83. The first kappa shape index (κ1) is 12.4. The van der Waals surface area contributed by atoms with Crippen molar-refractivity contribution in [2.24, 2.45) is 0 Å². The van der Waals surface area contributed by atoms with Gasteiger partial charge in [0.1, 0.15) is 5.82 Å². The molecular formula is C16H21N3. The number of aromatic nitrogens is 2. The molecule has 0 atom stereocenters. The van der Waals surface area contributed by atoms with Crippen LogP contribution >= 0.6 is 0 Å². The van der Waals surface area contributed by atoms with Gasteiger partial charge in [-0.2, -0.15) is 0 Å². The van der Waals surface area contributed by atoms with Crippen LogP contribution in [0.2, 0.25) is 0 Å². The molecule has 0 saturated heterocycles. The van der Waals surface area contributed by atoms with E-state index in [4.69, 9.17) is 0 Å². The largest absolute Gasteiger partial charge is 0.329 e. The third-order valence-electron chi connectivity index (χ3n) is 3.79. The van der Waals surface area contributed by atoms with E-state index in [0.717, 1.165) is 26.1 Å². The molecule has 0 fully saturated rings. The summed E-state index contributed by atoms with van der Waals surface area (Å²) in [6.45, 7) is 6.65. The topological polar surface area (TPSA) is 21.1 Å². The average molecular weight is 255 g/mol. The summed E-state index contributed by atoms with van der Waals surface area (Å²) in [5.74, 6) is 1.23. The molecule has 0 spiro atoms. The van der Waals surface area contributed by atoms with Gasteiger partial charge >= 0.3 is 0 Å². The maximum atomic E-state index is 4.61. The zero-order valence-electron chi connectivity index (χ0n) is 11.5. The van der Waals surface area contributed by atoms with Crippen LogP contribution in [0.15, 0.2) is 36.5 Å². The molecule has 3 nitrogen and oxygen atoms in total. The molecule has 0 saturated carbocycles. The van der Waals surface area contributed by atoms with Crippen LogP contribution in [0.5, 0.6) is 0 Å². The number of hydrogen-bond donors (Lipinski definition) is 0. The minimum absolute atomic E-state index is 0.988. The molecule has 3 rings (SSSR count). The summed E-state index contributed by atoms with van der Waals surface area (Å²) in [6.07, 6.45) is 4.26. The van der Waals surface area contributed by atoms with Crippen LogP contribution in [0, 0.1) is 0 Å². The third-order valence-corrected chi connectivity index (χ3v) is 3.79. The highest BCUT2D eigenvalue weighted by Crippen LogP contribution is 2.17. The Bertz CT molecular complexity index is 530. The zero-order valence-corrected chi connectivity index (χ0v) is 11.5. The SMILES string of the molecule is CCCN1CCn2c(Cc3ccccc3)cnc2C1. The minimum atomic E-state index is 0.988. The molecule has 1 aliphatic heterocycles. The second kappa shape index (κ2) is 5.57. The Morgan fingerprint density at radius 3 is 2.79 bits per heavy atom. The molecule has 1 aliphatic rings. The van der Waals surface area contributed by atoms with E-state index in [1.807, 2.05) is 0 Å². The highest BCUT2D eigenvalue weighted by atomic mass is 15.2. The van der Waals surface area contributed by atoms with Gasteiger partial charge in [0, 0.05) is 31.4 Å². The van der Waals surface area contributed by atoms with Gasteiger partial charge in [0.2, 0.25) is 0 Å². The van der Waals surface area contributed by atoms with E-state index in [-0.39, 0.29) is 0 Å².